The molecule has 0 fully saturated rings. The van der Waals surface area contributed by atoms with Crippen molar-refractivity contribution in [3.05, 3.63) is 34.1 Å². The molecule has 1 amide bonds. The molecule has 0 atom stereocenters. The molecule has 0 spiro atoms. The summed E-state index contributed by atoms with van der Waals surface area (Å²) in [5, 5.41) is 17.4. The summed E-state index contributed by atoms with van der Waals surface area (Å²) in [6, 6.07) is 2.60. The highest BCUT2D eigenvalue weighted by molar-refractivity contribution is 6.31. The molecule has 0 aliphatic rings. The second-order valence-corrected chi connectivity index (χ2v) is 5.24. The molecule has 0 heterocycles. The van der Waals surface area contributed by atoms with Crippen molar-refractivity contribution in [2.45, 2.75) is 46.5 Å². The van der Waals surface area contributed by atoms with E-state index < -0.39 is 17.7 Å². The van der Waals surface area contributed by atoms with Gasteiger partial charge in [-0.1, -0.05) is 32.4 Å². The summed E-state index contributed by atoms with van der Waals surface area (Å²) in [7, 11) is 0. The summed E-state index contributed by atoms with van der Waals surface area (Å²) >= 11 is 5.91. The number of hydrogen-bond acceptors (Lipinski definition) is 3. The second-order valence-electron chi connectivity index (χ2n) is 4.83. The second kappa shape index (κ2) is 14.9. The number of hydrogen-bond donors (Lipinski definition) is 5. The lowest BCUT2D eigenvalue weighted by Gasteiger charge is -2.08. The number of carbonyl (C=O) groups is 2. The fourth-order valence-electron chi connectivity index (χ4n) is 1.78. The third-order valence-electron chi connectivity index (χ3n) is 2.86. The lowest BCUT2D eigenvalue weighted by atomic mass is 10.1. The summed E-state index contributed by atoms with van der Waals surface area (Å²) in [5.74, 6) is -2.10. The average Bonchev–Trinajstić information content (AvgIpc) is 2.55. The quantitative estimate of drug-likeness (QED) is 0.276. The van der Waals surface area contributed by atoms with Crippen LogP contribution >= 0.6 is 11.6 Å². The van der Waals surface area contributed by atoms with E-state index in [1.54, 1.807) is 6.92 Å². The normalized spacial score (nSPS) is 9.12. The predicted octanol–water partition coefficient (Wildman–Crippen LogP) is 2.89. The number of benzene rings is 1. The average molecular weight is 391 g/mol. The van der Waals surface area contributed by atoms with Crippen LogP contribution in [-0.2, 0) is 11.2 Å². The number of rotatable bonds is 7. The smallest absolute Gasteiger partial charge is 0.303 e. The SMILES string of the molecule is CC.CCc1c(F)cc(C(=O)NCCCCC(=O)O)cc1Cl.N=C(N)N. The minimum Gasteiger partial charge on any atom is -0.481 e. The molecule has 1 rings (SSSR count). The van der Waals surface area contributed by atoms with E-state index in [1.807, 2.05) is 13.8 Å². The molecule has 0 unspecified atom stereocenters. The van der Waals surface area contributed by atoms with E-state index >= 15 is 0 Å². The molecule has 0 aliphatic heterocycles. The van der Waals surface area contributed by atoms with Crippen LogP contribution in [0.3, 0.4) is 0 Å². The number of guanidine groups is 1. The standard InChI is InChI=1S/C14H17ClFNO3.C2H6.CH5N3/c1-2-10-11(15)7-9(8-12(10)16)14(20)17-6-4-3-5-13(18)19;1-2;2-1(3)4/h7-8H,2-6H2,1H3,(H,17,20)(H,18,19);1-2H3;(H5,2,3,4). The molecule has 148 valence electrons. The summed E-state index contributed by atoms with van der Waals surface area (Å²) in [6.45, 7) is 6.13. The molecule has 0 aliphatic carbocycles. The molecule has 1 aromatic carbocycles. The Morgan fingerprint density at radius 3 is 2.23 bits per heavy atom. The lowest BCUT2D eigenvalue weighted by Crippen LogP contribution is -2.24. The van der Waals surface area contributed by atoms with Crippen molar-refractivity contribution in [3.8, 4) is 0 Å². The third kappa shape index (κ3) is 12.1. The number of nitrogens with two attached hydrogens (primary N) is 2. The number of aliphatic carboxylic acids is 1. The number of nitrogens with one attached hydrogen (secondary N) is 2. The van der Waals surface area contributed by atoms with Gasteiger partial charge >= 0.3 is 5.97 Å². The van der Waals surface area contributed by atoms with Gasteiger partial charge in [-0.05, 0) is 31.4 Å². The maximum atomic E-state index is 13.7. The van der Waals surface area contributed by atoms with Crippen LogP contribution in [0.1, 0.15) is 56.0 Å². The molecular formula is C17H28ClFN4O3. The van der Waals surface area contributed by atoms with Crippen molar-refractivity contribution in [1.82, 2.24) is 5.32 Å². The number of carbonyl (C=O) groups excluding carboxylic acids is 1. The minimum absolute atomic E-state index is 0.0710. The van der Waals surface area contributed by atoms with Crippen molar-refractivity contribution >= 4 is 29.4 Å². The molecule has 0 bridgehead atoms. The molecular weight excluding hydrogens is 363 g/mol. The van der Waals surface area contributed by atoms with Crippen molar-refractivity contribution in [2.75, 3.05) is 6.54 Å². The highest BCUT2D eigenvalue weighted by Crippen LogP contribution is 2.22. The predicted molar refractivity (Wildman–Crippen MR) is 102 cm³/mol. The van der Waals surface area contributed by atoms with Crippen LogP contribution in [-0.4, -0.2) is 29.5 Å². The first-order valence-corrected chi connectivity index (χ1v) is 8.64. The Morgan fingerprint density at radius 2 is 1.81 bits per heavy atom. The van der Waals surface area contributed by atoms with Crippen LogP contribution in [0.5, 0.6) is 0 Å². The Bertz CT molecular complexity index is 570. The Kier molecular flexibility index (Phi) is 14.9. The van der Waals surface area contributed by atoms with Gasteiger partial charge in [0, 0.05) is 29.1 Å². The molecule has 7 nitrogen and oxygen atoms in total. The van der Waals surface area contributed by atoms with Crippen LogP contribution in [0.4, 0.5) is 4.39 Å². The lowest BCUT2D eigenvalue weighted by molar-refractivity contribution is -0.137. The molecule has 0 aromatic heterocycles. The first-order chi connectivity index (χ1) is 12.2. The zero-order valence-electron chi connectivity index (χ0n) is 15.4. The van der Waals surface area contributed by atoms with E-state index in [1.165, 1.54) is 6.07 Å². The van der Waals surface area contributed by atoms with Crippen LogP contribution in [0.2, 0.25) is 5.02 Å². The zero-order chi connectivity index (χ0) is 20.7. The van der Waals surface area contributed by atoms with E-state index in [0.29, 0.717) is 31.4 Å². The number of carboxylic acid groups (broad SMARTS) is 1. The third-order valence-corrected chi connectivity index (χ3v) is 3.20. The first-order valence-electron chi connectivity index (χ1n) is 8.26. The van der Waals surface area contributed by atoms with Gasteiger partial charge in [-0.15, -0.1) is 0 Å². The molecule has 26 heavy (non-hydrogen) atoms. The topological polar surface area (TPSA) is 142 Å². The van der Waals surface area contributed by atoms with Gasteiger partial charge in [0.15, 0.2) is 5.96 Å². The Morgan fingerprint density at radius 1 is 1.27 bits per heavy atom. The van der Waals surface area contributed by atoms with E-state index in [2.05, 4.69) is 16.8 Å². The van der Waals surface area contributed by atoms with Gasteiger partial charge in [0.1, 0.15) is 5.82 Å². The molecule has 0 saturated carbocycles. The van der Waals surface area contributed by atoms with E-state index in [9.17, 15) is 14.0 Å². The summed E-state index contributed by atoms with van der Waals surface area (Å²) in [6.07, 6.45) is 1.57. The van der Waals surface area contributed by atoms with Crippen molar-refractivity contribution in [1.29, 1.82) is 5.41 Å². The Balaban J connectivity index is 0. The van der Waals surface area contributed by atoms with Crippen LogP contribution < -0.4 is 16.8 Å². The van der Waals surface area contributed by atoms with Gasteiger partial charge in [-0.25, -0.2) is 4.39 Å². The highest BCUT2D eigenvalue weighted by atomic mass is 35.5. The van der Waals surface area contributed by atoms with Crippen LogP contribution in [0, 0.1) is 11.2 Å². The maximum absolute atomic E-state index is 13.7. The zero-order valence-corrected chi connectivity index (χ0v) is 16.1. The first kappa shape index (κ1) is 25.9. The fraction of sp³-hybridized carbons (Fsp3) is 0.471. The number of amides is 1. The molecule has 0 radical (unpaired) electrons. The van der Waals surface area contributed by atoms with Crippen molar-refractivity contribution in [3.63, 3.8) is 0 Å². The summed E-state index contributed by atoms with van der Waals surface area (Å²) in [5.41, 5.74) is 9.51. The number of unbranched alkanes of at least 4 members (excludes halogenated alkanes) is 1. The summed E-state index contributed by atoms with van der Waals surface area (Å²) in [4.78, 5) is 22.1. The van der Waals surface area contributed by atoms with Gasteiger partial charge in [0.25, 0.3) is 5.91 Å². The summed E-state index contributed by atoms with van der Waals surface area (Å²) < 4.78 is 13.7. The van der Waals surface area contributed by atoms with Crippen molar-refractivity contribution < 1.29 is 19.1 Å². The molecule has 1 aromatic rings. The van der Waals surface area contributed by atoms with Gasteiger partial charge in [-0.2, -0.15) is 0 Å². The molecule has 9 heteroatoms. The fourth-order valence-corrected chi connectivity index (χ4v) is 2.12. The van der Waals surface area contributed by atoms with Crippen LogP contribution in [0.15, 0.2) is 12.1 Å². The minimum atomic E-state index is -0.861. The van der Waals surface area contributed by atoms with E-state index in [0.717, 1.165) is 6.07 Å². The van der Waals surface area contributed by atoms with Crippen molar-refractivity contribution in [2.24, 2.45) is 11.5 Å². The van der Waals surface area contributed by atoms with E-state index in [-0.39, 0.29) is 23.0 Å². The highest BCUT2D eigenvalue weighted by Gasteiger charge is 2.12. The Hall–Kier alpha value is -2.35. The Labute approximate surface area is 158 Å². The number of carboxylic acids is 1. The van der Waals surface area contributed by atoms with Gasteiger partial charge in [0.2, 0.25) is 0 Å². The maximum Gasteiger partial charge on any atom is 0.303 e. The monoisotopic (exact) mass is 390 g/mol. The number of halogens is 2. The molecule has 0 saturated heterocycles. The largest absolute Gasteiger partial charge is 0.481 e. The van der Waals surface area contributed by atoms with Gasteiger partial charge in [0.05, 0.1) is 0 Å². The van der Waals surface area contributed by atoms with Gasteiger partial charge in [-0.3, -0.25) is 15.0 Å². The molecule has 7 N–H and O–H groups in total. The van der Waals surface area contributed by atoms with E-state index in [4.69, 9.17) is 22.1 Å². The van der Waals surface area contributed by atoms with Crippen LogP contribution in [0.25, 0.3) is 0 Å². The van der Waals surface area contributed by atoms with Gasteiger partial charge < -0.3 is 21.9 Å².